The van der Waals surface area contributed by atoms with Gasteiger partial charge in [-0.05, 0) is 34.5 Å². The van der Waals surface area contributed by atoms with Crippen molar-refractivity contribution in [3.63, 3.8) is 0 Å². The Morgan fingerprint density at radius 2 is 2.11 bits per heavy atom. The fourth-order valence-corrected chi connectivity index (χ4v) is 2.99. The summed E-state index contributed by atoms with van der Waals surface area (Å²) < 4.78 is 16.1. The average Bonchev–Trinajstić information content (AvgIpc) is 2.70. The van der Waals surface area contributed by atoms with Gasteiger partial charge in [0, 0.05) is 16.6 Å². The van der Waals surface area contributed by atoms with Crippen LogP contribution in [0.5, 0.6) is 0 Å². The molecule has 19 heavy (non-hydrogen) atoms. The molecule has 102 valence electrons. The maximum absolute atomic E-state index is 13.1. The molecule has 1 aromatic carbocycles. The molecule has 0 aliphatic heterocycles. The molecule has 0 aliphatic rings. The van der Waals surface area contributed by atoms with Crippen LogP contribution in [0.15, 0.2) is 33.3 Å². The van der Waals surface area contributed by atoms with Crippen LogP contribution in [0.1, 0.15) is 30.7 Å². The number of halogens is 3. The smallest absolute Gasteiger partial charge is 0.124 e. The molecule has 0 amide bonds. The maximum atomic E-state index is 13.1. The lowest BCUT2D eigenvalue weighted by atomic mass is 10.1. The molecular formula is C13H13Br2FN2O. The molecule has 0 saturated carbocycles. The zero-order valence-electron chi connectivity index (χ0n) is 10.3. The van der Waals surface area contributed by atoms with E-state index in [4.69, 9.17) is 0 Å². The first kappa shape index (κ1) is 14.7. The first-order chi connectivity index (χ1) is 9.04. The second-order valence-corrected chi connectivity index (χ2v) is 5.88. The van der Waals surface area contributed by atoms with Crippen molar-refractivity contribution in [2.75, 3.05) is 0 Å². The highest BCUT2D eigenvalue weighted by Gasteiger charge is 2.21. The lowest BCUT2D eigenvalue weighted by Gasteiger charge is -2.15. The normalized spacial score (nSPS) is 12.7. The Balaban J connectivity index is 2.43. The number of aromatic nitrogens is 2. The fourth-order valence-electron chi connectivity index (χ4n) is 1.90. The predicted octanol–water partition coefficient (Wildman–Crippen LogP) is 4.04. The van der Waals surface area contributed by atoms with E-state index in [2.05, 4.69) is 37.0 Å². The van der Waals surface area contributed by atoms with E-state index in [0.29, 0.717) is 15.7 Å². The summed E-state index contributed by atoms with van der Waals surface area (Å²) in [4.78, 5) is 0. The SMILES string of the molecule is CCCn1ncc(Br)c1C(O)c1ccc(F)cc1Br. The van der Waals surface area contributed by atoms with Gasteiger partial charge >= 0.3 is 0 Å². The van der Waals surface area contributed by atoms with Crippen molar-refractivity contribution in [3.8, 4) is 0 Å². The van der Waals surface area contributed by atoms with Crippen LogP contribution in [0.25, 0.3) is 0 Å². The van der Waals surface area contributed by atoms with Crippen LogP contribution in [-0.4, -0.2) is 14.9 Å². The van der Waals surface area contributed by atoms with Crippen LogP contribution >= 0.6 is 31.9 Å². The second-order valence-electron chi connectivity index (χ2n) is 4.17. The van der Waals surface area contributed by atoms with Gasteiger partial charge in [-0.15, -0.1) is 0 Å². The molecule has 0 aliphatic carbocycles. The number of aliphatic hydroxyl groups excluding tert-OH is 1. The Bertz CT molecular complexity index is 586. The summed E-state index contributed by atoms with van der Waals surface area (Å²) in [6, 6.07) is 4.24. The third-order valence-electron chi connectivity index (χ3n) is 2.78. The lowest BCUT2D eigenvalue weighted by Crippen LogP contribution is -2.11. The Hall–Kier alpha value is -0.720. The number of hydrogen-bond donors (Lipinski definition) is 1. The Morgan fingerprint density at radius 3 is 2.74 bits per heavy atom. The molecule has 0 bridgehead atoms. The molecule has 2 aromatic rings. The molecule has 1 atom stereocenters. The lowest BCUT2D eigenvalue weighted by molar-refractivity contribution is 0.205. The van der Waals surface area contributed by atoms with Crippen molar-refractivity contribution in [2.24, 2.45) is 0 Å². The molecule has 3 nitrogen and oxygen atoms in total. The maximum Gasteiger partial charge on any atom is 0.124 e. The van der Waals surface area contributed by atoms with Crippen molar-refractivity contribution < 1.29 is 9.50 Å². The average molecular weight is 392 g/mol. The van der Waals surface area contributed by atoms with Crippen LogP contribution in [0.4, 0.5) is 4.39 Å². The van der Waals surface area contributed by atoms with E-state index >= 15 is 0 Å². The molecule has 0 spiro atoms. The molecule has 1 heterocycles. The highest BCUT2D eigenvalue weighted by molar-refractivity contribution is 9.10. The third kappa shape index (κ3) is 3.07. The van der Waals surface area contributed by atoms with Gasteiger partial charge in [0.05, 0.1) is 16.4 Å². The molecule has 0 fully saturated rings. The quantitative estimate of drug-likeness (QED) is 0.853. The van der Waals surface area contributed by atoms with E-state index in [1.807, 2.05) is 6.92 Å². The van der Waals surface area contributed by atoms with Gasteiger partial charge in [-0.25, -0.2) is 4.39 Å². The van der Waals surface area contributed by atoms with Crippen LogP contribution in [0.3, 0.4) is 0 Å². The summed E-state index contributed by atoms with van der Waals surface area (Å²) in [6.07, 6.45) is 1.71. The van der Waals surface area contributed by atoms with Crippen LogP contribution in [-0.2, 0) is 6.54 Å². The molecule has 0 radical (unpaired) electrons. The molecule has 1 unspecified atom stereocenters. The molecular weight excluding hydrogens is 379 g/mol. The van der Waals surface area contributed by atoms with Gasteiger partial charge in [-0.1, -0.05) is 28.9 Å². The van der Waals surface area contributed by atoms with Crippen LogP contribution < -0.4 is 0 Å². The number of aryl methyl sites for hydroxylation is 1. The minimum atomic E-state index is -0.863. The van der Waals surface area contributed by atoms with Gasteiger partial charge in [-0.3, -0.25) is 4.68 Å². The third-order valence-corrected chi connectivity index (χ3v) is 4.08. The highest BCUT2D eigenvalue weighted by atomic mass is 79.9. The summed E-state index contributed by atoms with van der Waals surface area (Å²) in [5.74, 6) is -0.344. The van der Waals surface area contributed by atoms with Gasteiger partial charge in [-0.2, -0.15) is 5.10 Å². The molecule has 6 heteroatoms. The Kier molecular flexibility index (Phi) is 4.76. The summed E-state index contributed by atoms with van der Waals surface area (Å²) in [7, 11) is 0. The van der Waals surface area contributed by atoms with Gasteiger partial charge in [0.25, 0.3) is 0 Å². The fraction of sp³-hybridized carbons (Fsp3) is 0.308. The summed E-state index contributed by atoms with van der Waals surface area (Å²) in [5, 5.41) is 14.7. The Labute approximate surface area is 127 Å². The highest BCUT2D eigenvalue weighted by Crippen LogP contribution is 2.33. The van der Waals surface area contributed by atoms with Gasteiger partial charge in [0.2, 0.25) is 0 Å². The topological polar surface area (TPSA) is 38.0 Å². The minimum Gasteiger partial charge on any atom is -0.382 e. The zero-order valence-corrected chi connectivity index (χ0v) is 13.4. The van der Waals surface area contributed by atoms with Crippen LogP contribution in [0, 0.1) is 5.82 Å². The van der Waals surface area contributed by atoms with E-state index in [1.54, 1.807) is 16.9 Å². The first-order valence-corrected chi connectivity index (χ1v) is 7.47. The monoisotopic (exact) mass is 390 g/mol. The summed E-state index contributed by atoms with van der Waals surface area (Å²) in [6.45, 7) is 2.76. The second kappa shape index (κ2) is 6.15. The van der Waals surface area contributed by atoms with Crippen LogP contribution in [0.2, 0.25) is 0 Å². The summed E-state index contributed by atoms with van der Waals surface area (Å²) >= 11 is 6.67. The largest absolute Gasteiger partial charge is 0.382 e. The molecule has 1 N–H and O–H groups in total. The molecule has 1 aromatic heterocycles. The Morgan fingerprint density at radius 1 is 1.37 bits per heavy atom. The van der Waals surface area contributed by atoms with E-state index in [-0.39, 0.29) is 5.82 Å². The summed E-state index contributed by atoms with van der Waals surface area (Å²) in [5.41, 5.74) is 1.29. The zero-order chi connectivity index (χ0) is 14.0. The first-order valence-electron chi connectivity index (χ1n) is 5.88. The van der Waals surface area contributed by atoms with E-state index in [1.165, 1.54) is 12.1 Å². The van der Waals surface area contributed by atoms with E-state index < -0.39 is 6.10 Å². The predicted molar refractivity (Wildman–Crippen MR) is 78.4 cm³/mol. The number of nitrogens with zero attached hydrogens (tertiary/aromatic N) is 2. The molecule has 0 saturated heterocycles. The molecule has 2 rings (SSSR count). The van der Waals surface area contributed by atoms with Crippen molar-refractivity contribution in [1.82, 2.24) is 9.78 Å². The van der Waals surface area contributed by atoms with Gasteiger partial charge in [0.15, 0.2) is 0 Å². The van der Waals surface area contributed by atoms with E-state index in [0.717, 1.165) is 17.4 Å². The van der Waals surface area contributed by atoms with Crippen molar-refractivity contribution in [1.29, 1.82) is 0 Å². The minimum absolute atomic E-state index is 0.344. The number of benzene rings is 1. The number of aliphatic hydroxyl groups is 1. The standard InChI is InChI=1S/C13H13Br2FN2O/c1-2-5-18-12(11(15)7-17-18)13(19)9-4-3-8(16)6-10(9)14/h3-4,6-7,13,19H,2,5H2,1H3. The number of rotatable bonds is 4. The van der Waals surface area contributed by atoms with Crippen molar-refractivity contribution >= 4 is 31.9 Å². The van der Waals surface area contributed by atoms with Gasteiger partial charge < -0.3 is 5.11 Å². The number of hydrogen-bond acceptors (Lipinski definition) is 2. The van der Waals surface area contributed by atoms with E-state index in [9.17, 15) is 9.50 Å². The van der Waals surface area contributed by atoms with Gasteiger partial charge in [0.1, 0.15) is 11.9 Å². The van der Waals surface area contributed by atoms with Crippen molar-refractivity contribution in [3.05, 3.63) is 50.4 Å². The van der Waals surface area contributed by atoms with Crippen molar-refractivity contribution in [2.45, 2.75) is 26.0 Å².